The molecule has 4 heteroatoms. The van der Waals surface area contributed by atoms with Gasteiger partial charge in [-0.3, -0.25) is 9.69 Å². The number of nitrogens with zero attached hydrogens (tertiary/aromatic N) is 2. The molecule has 1 aromatic carbocycles. The van der Waals surface area contributed by atoms with Gasteiger partial charge < -0.3 is 4.90 Å². The van der Waals surface area contributed by atoms with Crippen molar-refractivity contribution < 1.29 is 4.79 Å². The first-order valence-corrected chi connectivity index (χ1v) is 10.7. The van der Waals surface area contributed by atoms with E-state index in [0.29, 0.717) is 24.4 Å². The highest BCUT2D eigenvalue weighted by Crippen LogP contribution is 2.28. The van der Waals surface area contributed by atoms with Crippen LogP contribution in [0.4, 0.5) is 0 Å². The molecule has 0 radical (unpaired) electrons. The molecular formula is C22H28N2OS. The van der Waals surface area contributed by atoms with Gasteiger partial charge >= 0.3 is 0 Å². The first kappa shape index (κ1) is 17.7. The molecule has 0 spiro atoms. The summed E-state index contributed by atoms with van der Waals surface area (Å²) in [6, 6.07) is 14.0. The average Bonchev–Trinajstić information content (AvgIpc) is 3.35. The second kappa shape index (κ2) is 7.93. The summed E-state index contributed by atoms with van der Waals surface area (Å²) in [6.45, 7) is 2.20. The SMILES string of the molecule is CN(C(=O)CCc1cccs1)[C@H]1CCCN(C2Cc3ccccc3C2)C1. The van der Waals surface area contributed by atoms with E-state index in [4.69, 9.17) is 0 Å². The molecule has 1 fully saturated rings. The molecule has 26 heavy (non-hydrogen) atoms. The van der Waals surface area contributed by atoms with Crippen molar-refractivity contribution in [3.05, 3.63) is 57.8 Å². The van der Waals surface area contributed by atoms with E-state index < -0.39 is 0 Å². The molecule has 3 nitrogen and oxygen atoms in total. The third-order valence-corrected chi connectivity index (χ3v) is 7.02. The van der Waals surface area contributed by atoms with Crippen molar-refractivity contribution in [3.63, 3.8) is 0 Å². The van der Waals surface area contributed by atoms with Crippen molar-refractivity contribution in [1.29, 1.82) is 0 Å². The van der Waals surface area contributed by atoms with Crippen LogP contribution in [-0.4, -0.2) is 47.9 Å². The van der Waals surface area contributed by atoms with Crippen LogP contribution in [0.15, 0.2) is 41.8 Å². The molecule has 1 aliphatic carbocycles. The van der Waals surface area contributed by atoms with Crippen LogP contribution < -0.4 is 0 Å². The number of benzene rings is 1. The Balaban J connectivity index is 1.32. The summed E-state index contributed by atoms with van der Waals surface area (Å²) in [6.07, 6.45) is 6.16. The zero-order valence-electron chi connectivity index (χ0n) is 15.6. The quantitative estimate of drug-likeness (QED) is 0.802. The van der Waals surface area contributed by atoms with Crippen LogP contribution in [0, 0.1) is 0 Å². The van der Waals surface area contributed by atoms with Gasteiger partial charge in [0.15, 0.2) is 0 Å². The smallest absolute Gasteiger partial charge is 0.222 e. The van der Waals surface area contributed by atoms with Gasteiger partial charge in [0.2, 0.25) is 5.91 Å². The number of carbonyl (C=O) groups excluding carboxylic acids is 1. The van der Waals surface area contributed by atoms with Crippen LogP contribution >= 0.6 is 11.3 Å². The van der Waals surface area contributed by atoms with Crippen molar-refractivity contribution in [2.24, 2.45) is 0 Å². The maximum absolute atomic E-state index is 12.7. The molecule has 2 aliphatic rings. The number of carbonyl (C=O) groups is 1. The number of fused-ring (bicyclic) bond motifs is 1. The number of likely N-dealkylation sites (tertiary alicyclic amines) is 1. The Hall–Kier alpha value is -1.65. The monoisotopic (exact) mass is 368 g/mol. The number of hydrogen-bond acceptors (Lipinski definition) is 3. The molecular weight excluding hydrogens is 340 g/mol. The Morgan fingerprint density at radius 3 is 2.65 bits per heavy atom. The summed E-state index contributed by atoms with van der Waals surface area (Å²) < 4.78 is 0. The van der Waals surface area contributed by atoms with Crippen LogP contribution in [0.3, 0.4) is 0 Å². The molecule has 0 unspecified atom stereocenters. The minimum atomic E-state index is 0.292. The molecule has 1 atom stereocenters. The fourth-order valence-electron chi connectivity index (χ4n) is 4.49. The van der Waals surface area contributed by atoms with Gasteiger partial charge in [-0.2, -0.15) is 0 Å². The Morgan fingerprint density at radius 1 is 1.19 bits per heavy atom. The average molecular weight is 369 g/mol. The van der Waals surface area contributed by atoms with E-state index in [0.717, 1.165) is 19.4 Å². The maximum atomic E-state index is 12.7. The fraction of sp³-hybridized carbons (Fsp3) is 0.500. The summed E-state index contributed by atoms with van der Waals surface area (Å²) in [4.78, 5) is 18.6. The number of thiophene rings is 1. The largest absolute Gasteiger partial charge is 0.341 e. The van der Waals surface area contributed by atoms with Gasteiger partial charge in [-0.05, 0) is 61.2 Å². The number of piperidine rings is 1. The molecule has 1 amide bonds. The van der Waals surface area contributed by atoms with Gasteiger partial charge in [0.05, 0.1) is 0 Å². The lowest BCUT2D eigenvalue weighted by molar-refractivity contribution is -0.133. The highest BCUT2D eigenvalue weighted by Gasteiger charge is 2.32. The first-order valence-electron chi connectivity index (χ1n) is 9.79. The molecule has 0 bridgehead atoms. The van der Waals surface area contributed by atoms with E-state index >= 15 is 0 Å². The van der Waals surface area contributed by atoms with Crippen LogP contribution in [0.2, 0.25) is 0 Å². The molecule has 4 rings (SSSR count). The summed E-state index contributed by atoms with van der Waals surface area (Å²) >= 11 is 1.74. The molecule has 2 heterocycles. The number of likely N-dealkylation sites (N-methyl/N-ethyl adjacent to an activating group) is 1. The van der Waals surface area contributed by atoms with Gasteiger partial charge in [0.1, 0.15) is 0 Å². The van der Waals surface area contributed by atoms with Crippen molar-refractivity contribution in [2.75, 3.05) is 20.1 Å². The van der Waals surface area contributed by atoms with E-state index in [1.807, 2.05) is 11.9 Å². The minimum absolute atomic E-state index is 0.292. The second-order valence-electron chi connectivity index (χ2n) is 7.71. The zero-order chi connectivity index (χ0) is 17.9. The van der Waals surface area contributed by atoms with Gasteiger partial charge in [-0.25, -0.2) is 0 Å². The summed E-state index contributed by atoms with van der Waals surface area (Å²) in [5.74, 6) is 0.292. The number of aryl methyl sites for hydroxylation is 1. The van der Waals surface area contributed by atoms with E-state index in [1.54, 1.807) is 11.3 Å². The standard InChI is InChI=1S/C22H28N2OS/c1-23(22(25)11-10-21-9-5-13-26-21)19-8-4-12-24(16-19)20-14-17-6-2-3-7-18(17)15-20/h2-3,5-7,9,13,19-20H,4,8,10-12,14-16H2,1H3/t19-/m0/s1. The van der Waals surface area contributed by atoms with Crippen molar-refractivity contribution in [2.45, 2.75) is 50.6 Å². The predicted octanol–water partition coefficient (Wildman–Crippen LogP) is 3.77. The van der Waals surface area contributed by atoms with Crippen molar-refractivity contribution in [1.82, 2.24) is 9.80 Å². The first-order chi connectivity index (χ1) is 12.7. The van der Waals surface area contributed by atoms with Crippen LogP contribution in [0.5, 0.6) is 0 Å². The lowest BCUT2D eigenvalue weighted by Crippen LogP contribution is -2.51. The maximum Gasteiger partial charge on any atom is 0.222 e. The van der Waals surface area contributed by atoms with Gasteiger partial charge in [-0.1, -0.05) is 30.3 Å². The Bertz CT molecular complexity index is 717. The summed E-state index contributed by atoms with van der Waals surface area (Å²) in [7, 11) is 2.01. The summed E-state index contributed by atoms with van der Waals surface area (Å²) in [5.41, 5.74) is 3.03. The van der Waals surface area contributed by atoms with Crippen LogP contribution in [-0.2, 0) is 24.1 Å². The third-order valence-electron chi connectivity index (χ3n) is 6.08. The molecule has 1 aliphatic heterocycles. The Kier molecular flexibility index (Phi) is 5.41. The highest BCUT2D eigenvalue weighted by molar-refractivity contribution is 7.09. The van der Waals surface area contributed by atoms with Crippen LogP contribution in [0.1, 0.15) is 35.3 Å². The number of hydrogen-bond donors (Lipinski definition) is 0. The topological polar surface area (TPSA) is 23.6 Å². The highest BCUT2D eigenvalue weighted by atomic mass is 32.1. The summed E-state index contributed by atoms with van der Waals surface area (Å²) in [5, 5.41) is 2.09. The predicted molar refractivity (Wildman–Crippen MR) is 108 cm³/mol. The molecule has 138 valence electrons. The zero-order valence-corrected chi connectivity index (χ0v) is 16.4. The molecule has 0 saturated carbocycles. The number of amides is 1. The molecule has 0 N–H and O–H groups in total. The minimum Gasteiger partial charge on any atom is -0.341 e. The lowest BCUT2D eigenvalue weighted by atomic mass is 10.0. The van der Waals surface area contributed by atoms with Gasteiger partial charge in [0, 0.05) is 37.0 Å². The van der Waals surface area contributed by atoms with Crippen molar-refractivity contribution in [3.8, 4) is 0 Å². The van der Waals surface area contributed by atoms with E-state index in [9.17, 15) is 4.79 Å². The van der Waals surface area contributed by atoms with Crippen LogP contribution in [0.25, 0.3) is 0 Å². The molecule has 2 aromatic rings. The third kappa shape index (κ3) is 3.86. The van der Waals surface area contributed by atoms with E-state index in [-0.39, 0.29) is 0 Å². The lowest BCUT2D eigenvalue weighted by Gasteiger charge is -2.40. The second-order valence-corrected chi connectivity index (χ2v) is 8.74. The van der Waals surface area contributed by atoms with E-state index in [2.05, 4.69) is 46.7 Å². The number of rotatable bonds is 5. The fourth-order valence-corrected chi connectivity index (χ4v) is 5.20. The van der Waals surface area contributed by atoms with Crippen molar-refractivity contribution >= 4 is 17.2 Å². The van der Waals surface area contributed by atoms with Gasteiger partial charge in [0.25, 0.3) is 0 Å². The van der Waals surface area contributed by atoms with E-state index in [1.165, 1.54) is 41.8 Å². The Morgan fingerprint density at radius 2 is 1.96 bits per heavy atom. The molecule has 1 saturated heterocycles. The Labute approximate surface area is 160 Å². The molecule has 1 aromatic heterocycles. The van der Waals surface area contributed by atoms with Gasteiger partial charge in [-0.15, -0.1) is 11.3 Å². The normalized spacial score (nSPS) is 20.9.